The highest BCUT2D eigenvalue weighted by molar-refractivity contribution is 6.12. The summed E-state index contributed by atoms with van der Waals surface area (Å²) < 4.78 is 0. The van der Waals surface area contributed by atoms with Gasteiger partial charge in [-0.25, -0.2) is 0 Å². The fraction of sp³-hybridized carbons (Fsp3) is 0.324. The summed E-state index contributed by atoms with van der Waals surface area (Å²) in [6.45, 7) is 17.1. The third-order valence-electron chi connectivity index (χ3n) is 7.90. The van der Waals surface area contributed by atoms with Crippen molar-refractivity contribution in [3.05, 3.63) is 101 Å². The molecule has 0 radical (unpaired) electrons. The van der Waals surface area contributed by atoms with E-state index in [1.54, 1.807) is 0 Å². The zero-order chi connectivity index (χ0) is 30.0. The van der Waals surface area contributed by atoms with E-state index in [-0.39, 0.29) is 29.6 Å². The van der Waals surface area contributed by atoms with Crippen LogP contribution in [0.1, 0.15) is 112 Å². The van der Waals surface area contributed by atoms with Gasteiger partial charge in [-0.1, -0.05) is 116 Å². The number of benzene rings is 4. The number of rotatable bonds is 8. The summed E-state index contributed by atoms with van der Waals surface area (Å²) >= 11 is 0. The Bertz CT molecular complexity index is 1530. The predicted octanol–water partition coefficient (Wildman–Crippen LogP) is 9.93. The van der Waals surface area contributed by atoms with Gasteiger partial charge < -0.3 is 16.8 Å². The highest BCUT2D eigenvalue weighted by Crippen LogP contribution is 2.45. The summed E-state index contributed by atoms with van der Waals surface area (Å²) in [6, 6.07) is 24.4. The maximum atomic E-state index is 14.5. The lowest BCUT2D eigenvalue weighted by atomic mass is 9.82. The lowest BCUT2D eigenvalue weighted by molar-refractivity contribution is 0.102. The van der Waals surface area contributed by atoms with Crippen molar-refractivity contribution >= 4 is 23.0 Å². The Balaban J connectivity index is 2.02. The molecule has 214 valence electrons. The lowest BCUT2D eigenvalue weighted by Gasteiger charge is -2.26. The molecule has 0 aliphatic heterocycles. The second-order valence-corrected chi connectivity index (χ2v) is 12.2. The number of carbonyl (C=O) groups excluding carboxylic acids is 1. The third kappa shape index (κ3) is 5.88. The Morgan fingerprint density at radius 3 is 1.44 bits per heavy atom. The molecule has 0 bridgehead atoms. The van der Waals surface area contributed by atoms with Crippen LogP contribution in [0.15, 0.2) is 72.8 Å². The zero-order valence-corrected chi connectivity index (χ0v) is 25.8. The van der Waals surface area contributed by atoms with Gasteiger partial charge in [0.05, 0.1) is 0 Å². The van der Waals surface area contributed by atoms with Crippen LogP contribution in [0.2, 0.25) is 0 Å². The molecule has 41 heavy (non-hydrogen) atoms. The van der Waals surface area contributed by atoms with Crippen molar-refractivity contribution in [2.75, 3.05) is 16.8 Å². The Morgan fingerprint density at radius 1 is 0.585 bits per heavy atom. The van der Waals surface area contributed by atoms with E-state index in [9.17, 15) is 4.79 Å². The normalized spacial score (nSPS) is 11.6. The molecule has 0 spiro atoms. The van der Waals surface area contributed by atoms with Gasteiger partial charge in [0.2, 0.25) is 0 Å². The fourth-order valence-electron chi connectivity index (χ4n) is 5.94. The summed E-state index contributed by atoms with van der Waals surface area (Å²) in [5.74, 6) is 0.506. The van der Waals surface area contributed by atoms with Crippen LogP contribution >= 0.6 is 0 Å². The second-order valence-electron chi connectivity index (χ2n) is 12.2. The maximum absolute atomic E-state index is 14.5. The van der Waals surface area contributed by atoms with Crippen LogP contribution in [0.5, 0.6) is 0 Å². The van der Waals surface area contributed by atoms with Crippen LogP contribution in [0.4, 0.5) is 17.1 Å². The first kappa shape index (κ1) is 29.9. The van der Waals surface area contributed by atoms with Crippen molar-refractivity contribution in [3.63, 3.8) is 0 Å². The third-order valence-corrected chi connectivity index (χ3v) is 7.90. The minimum atomic E-state index is -0.154. The van der Waals surface area contributed by atoms with Gasteiger partial charge in [0.1, 0.15) is 0 Å². The molecule has 4 aromatic carbocycles. The number of hydrogen-bond donors (Lipinski definition) is 3. The molecule has 4 heteroatoms. The van der Waals surface area contributed by atoms with Gasteiger partial charge in [0.25, 0.3) is 5.91 Å². The summed E-state index contributed by atoms with van der Waals surface area (Å²) in [7, 11) is 0. The van der Waals surface area contributed by atoms with Crippen molar-refractivity contribution in [1.82, 2.24) is 0 Å². The molecule has 5 N–H and O–H groups in total. The van der Waals surface area contributed by atoms with E-state index >= 15 is 0 Å². The first-order valence-electron chi connectivity index (χ1n) is 14.8. The van der Waals surface area contributed by atoms with Crippen LogP contribution in [0, 0.1) is 0 Å². The number of amides is 1. The molecule has 4 rings (SSSR count). The molecular weight excluding hydrogens is 502 g/mol. The number of nitrogens with one attached hydrogen (secondary N) is 1. The molecule has 0 aromatic heterocycles. The van der Waals surface area contributed by atoms with E-state index in [2.05, 4.69) is 91.0 Å². The number of nitrogen functional groups attached to an aromatic ring is 2. The van der Waals surface area contributed by atoms with Crippen molar-refractivity contribution in [2.45, 2.75) is 79.1 Å². The molecule has 4 aromatic rings. The predicted molar refractivity (Wildman–Crippen MR) is 177 cm³/mol. The first-order valence-corrected chi connectivity index (χ1v) is 14.8. The van der Waals surface area contributed by atoms with Crippen molar-refractivity contribution < 1.29 is 4.79 Å². The Labute approximate surface area is 246 Å². The van der Waals surface area contributed by atoms with Crippen LogP contribution in [0.3, 0.4) is 0 Å². The number of hydrogen-bond acceptors (Lipinski definition) is 3. The maximum Gasteiger partial charge on any atom is 0.256 e. The molecule has 0 unspecified atom stereocenters. The van der Waals surface area contributed by atoms with Gasteiger partial charge in [-0.3, -0.25) is 4.79 Å². The Hall–Kier alpha value is -4.05. The SMILES string of the molecule is CC(C)c1cc(NC(=O)c2cc(C(C)C)c(N)c(C(C)C)c2-c2ccccc2)c(-c2ccccc2)c(C(C)C)c1N. The van der Waals surface area contributed by atoms with Gasteiger partial charge in [0, 0.05) is 28.2 Å². The van der Waals surface area contributed by atoms with E-state index in [4.69, 9.17) is 11.5 Å². The van der Waals surface area contributed by atoms with Gasteiger partial charge in [0.15, 0.2) is 0 Å². The minimum Gasteiger partial charge on any atom is -0.398 e. The number of nitrogens with two attached hydrogens (primary N) is 2. The molecule has 4 nitrogen and oxygen atoms in total. The van der Waals surface area contributed by atoms with Gasteiger partial charge in [-0.2, -0.15) is 0 Å². The summed E-state index contributed by atoms with van der Waals surface area (Å²) in [5, 5.41) is 3.37. The number of carbonyl (C=O) groups is 1. The first-order chi connectivity index (χ1) is 19.4. The zero-order valence-electron chi connectivity index (χ0n) is 25.8. The summed E-state index contributed by atoms with van der Waals surface area (Å²) in [4.78, 5) is 14.5. The average molecular weight is 548 g/mol. The molecule has 0 saturated carbocycles. The van der Waals surface area contributed by atoms with Crippen LogP contribution in [-0.4, -0.2) is 5.91 Å². The largest absolute Gasteiger partial charge is 0.398 e. The molecule has 0 saturated heterocycles. The quantitative estimate of drug-likeness (QED) is 0.192. The van der Waals surface area contributed by atoms with Crippen molar-refractivity contribution in [2.24, 2.45) is 0 Å². The summed E-state index contributed by atoms with van der Waals surface area (Å²) in [6.07, 6.45) is 0. The highest BCUT2D eigenvalue weighted by atomic mass is 16.1. The highest BCUT2D eigenvalue weighted by Gasteiger charge is 2.27. The average Bonchev–Trinajstić information content (AvgIpc) is 2.93. The van der Waals surface area contributed by atoms with Gasteiger partial charge in [-0.15, -0.1) is 0 Å². The monoisotopic (exact) mass is 547 g/mol. The van der Waals surface area contributed by atoms with Gasteiger partial charge in [-0.05, 0) is 74.7 Å². The van der Waals surface area contributed by atoms with E-state index in [0.29, 0.717) is 5.56 Å². The van der Waals surface area contributed by atoms with Crippen LogP contribution in [-0.2, 0) is 0 Å². The van der Waals surface area contributed by atoms with E-state index < -0.39 is 0 Å². The minimum absolute atomic E-state index is 0.131. The topological polar surface area (TPSA) is 81.1 Å². The van der Waals surface area contributed by atoms with E-state index in [0.717, 1.165) is 61.6 Å². The molecule has 0 aliphatic carbocycles. The lowest BCUT2D eigenvalue weighted by Crippen LogP contribution is -2.19. The van der Waals surface area contributed by atoms with Crippen molar-refractivity contribution in [3.8, 4) is 22.3 Å². The molecule has 0 fully saturated rings. The number of anilines is 3. The van der Waals surface area contributed by atoms with Crippen LogP contribution < -0.4 is 16.8 Å². The fourth-order valence-corrected chi connectivity index (χ4v) is 5.94. The van der Waals surface area contributed by atoms with E-state index in [1.807, 2.05) is 42.5 Å². The Morgan fingerprint density at radius 2 is 1.00 bits per heavy atom. The summed E-state index contributed by atoms with van der Waals surface area (Å²) in [5.41, 5.74) is 24.6. The standard InChI is InChI=1S/C37H45N3O/c1-21(2)27-19-29(33(25-15-11-9-12-16-25)31(23(5)6)35(27)38)37(41)40-30-20-28(22(3)4)36(39)32(24(7)8)34(30)26-17-13-10-14-18-26/h9-24H,38-39H2,1-8H3,(H,40,41). The molecule has 0 heterocycles. The van der Waals surface area contributed by atoms with E-state index in [1.165, 1.54) is 0 Å². The molecule has 0 aliphatic rings. The van der Waals surface area contributed by atoms with Crippen LogP contribution in [0.25, 0.3) is 22.3 Å². The molecule has 1 amide bonds. The molecular formula is C37H45N3O. The van der Waals surface area contributed by atoms with Gasteiger partial charge >= 0.3 is 0 Å². The smallest absolute Gasteiger partial charge is 0.256 e. The molecule has 0 atom stereocenters. The second kappa shape index (κ2) is 12.2. The Kier molecular flexibility index (Phi) is 8.92. The van der Waals surface area contributed by atoms with Crippen molar-refractivity contribution in [1.29, 1.82) is 0 Å².